The first kappa shape index (κ1) is 11.0. The Hall–Kier alpha value is -1.46. The van der Waals surface area contributed by atoms with Gasteiger partial charge in [0.1, 0.15) is 5.82 Å². The number of halogens is 1. The molecule has 0 saturated carbocycles. The van der Waals surface area contributed by atoms with Crippen molar-refractivity contribution in [2.75, 3.05) is 25.0 Å². The van der Waals surface area contributed by atoms with Crippen LogP contribution in [0.15, 0.2) is 24.3 Å². The quantitative estimate of drug-likeness (QED) is 0.783. The third-order valence-corrected chi connectivity index (χ3v) is 2.41. The number of hydrogen-bond donors (Lipinski definition) is 2. The van der Waals surface area contributed by atoms with E-state index < -0.39 is 0 Å². The fraction of sp³-hybridized carbons (Fsp3) is 0.364. The maximum absolute atomic E-state index is 12.8. The van der Waals surface area contributed by atoms with Gasteiger partial charge in [0.05, 0.1) is 12.6 Å². The van der Waals surface area contributed by atoms with Crippen LogP contribution in [0.3, 0.4) is 0 Å². The van der Waals surface area contributed by atoms with Gasteiger partial charge in [0, 0.05) is 18.8 Å². The number of likely N-dealkylation sites (tertiary alicyclic amines) is 1. The summed E-state index contributed by atoms with van der Waals surface area (Å²) in [6, 6.07) is 5.76. The average molecular weight is 224 g/mol. The van der Waals surface area contributed by atoms with Crippen molar-refractivity contribution in [2.45, 2.75) is 6.10 Å². The molecule has 5 heteroatoms. The molecule has 4 nitrogen and oxygen atoms in total. The van der Waals surface area contributed by atoms with Crippen molar-refractivity contribution in [1.29, 1.82) is 0 Å². The Morgan fingerprint density at radius 1 is 1.56 bits per heavy atom. The summed E-state index contributed by atoms with van der Waals surface area (Å²) in [5.74, 6) is -0.574. The van der Waals surface area contributed by atoms with Gasteiger partial charge in [-0.1, -0.05) is 6.07 Å². The highest BCUT2D eigenvalue weighted by Gasteiger charge is 2.25. The summed E-state index contributed by atoms with van der Waals surface area (Å²) < 4.78 is 12.8. The van der Waals surface area contributed by atoms with Gasteiger partial charge in [-0.3, -0.25) is 9.69 Å². The van der Waals surface area contributed by atoms with Crippen LogP contribution in [0.2, 0.25) is 0 Å². The Labute approximate surface area is 92.7 Å². The summed E-state index contributed by atoms with van der Waals surface area (Å²) in [6.07, 6.45) is -0.318. The smallest absolute Gasteiger partial charge is 0.238 e. The zero-order valence-electron chi connectivity index (χ0n) is 8.69. The Kier molecular flexibility index (Phi) is 3.17. The van der Waals surface area contributed by atoms with E-state index in [4.69, 9.17) is 5.11 Å². The Morgan fingerprint density at radius 2 is 2.31 bits per heavy atom. The van der Waals surface area contributed by atoms with Gasteiger partial charge in [0.25, 0.3) is 0 Å². The predicted molar refractivity (Wildman–Crippen MR) is 57.5 cm³/mol. The average Bonchev–Trinajstić information content (AvgIpc) is 2.15. The number of β-amino-alcohol motifs (C(OH)–C–C–N with tert-alkyl or cyclic N) is 1. The zero-order chi connectivity index (χ0) is 11.5. The van der Waals surface area contributed by atoms with E-state index >= 15 is 0 Å². The number of rotatable bonds is 3. The van der Waals surface area contributed by atoms with E-state index in [-0.39, 0.29) is 24.4 Å². The summed E-state index contributed by atoms with van der Waals surface area (Å²) in [4.78, 5) is 13.3. The minimum absolute atomic E-state index is 0.197. The second-order valence-corrected chi connectivity index (χ2v) is 3.91. The first-order valence-electron chi connectivity index (χ1n) is 5.09. The van der Waals surface area contributed by atoms with Crippen molar-refractivity contribution < 1.29 is 14.3 Å². The normalized spacial score (nSPS) is 16.9. The molecule has 0 aromatic heterocycles. The molecule has 1 aliphatic rings. The molecule has 1 aromatic carbocycles. The van der Waals surface area contributed by atoms with Gasteiger partial charge in [-0.15, -0.1) is 0 Å². The minimum atomic E-state index is -0.378. The number of aliphatic hydroxyl groups excluding tert-OH is 1. The van der Waals surface area contributed by atoms with E-state index in [0.717, 1.165) is 0 Å². The van der Waals surface area contributed by atoms with E-state index in [1.165, 1.54) is 12.1 Å². The van der Waals surface area contributed by atoms with Crippen LogP contribution >= 0.6 is 0 Å². The van der Waals surface area contributed by atoms with Crippen LogP contribution in [0, 0.1) is 5.82 Å². The molecule has 1 aromatic rings. The van der Waals surface area contributed by atoms with E-state index in [9.17, 15) is 9.18 Å². The second-order valence-electron chi connectivity index (χ2n) is 3.91. The molecule has 1 saturated heterocycles. The lowest BCUT2D eigenvalue weighted by Crippen LogP contribution is -2.53. The van der Waals surface area contributed by atoms with Crippen molar-refractivity contribution >= 4 is 11.6 Å². The number of carbonyl (C=O) groups excluding carboxylic acids is 1. The molecular formula is C11H13FN2O2. The van der Waals surface area contributed by atoms with Gasteiger partial charge in [-0.05, 0) is 18.2 Å². The van der Waals surface area contributed by atoms with Crippen molar-refractivity contribution in [3.05, 3.63) is 30.1 Å². The molecule has 2 rings (SSSR count). The molecule has 16 heavy (non-hydrogen) atoms. The van der Waals surface area contributed by atoms with Crippen molar-refractivity contribution in [3.63, 3.8) is 0 Å². The first-order valence-corrected chi connectivity index (χ1v) is 5.09. The van der Waals surface area contributed by atoms with E-state index in [1.54, 1.807) is 12.1 Å². The molecule has 86 valence electrons. The molecule has 0 aliphatic carbocycles. The third-order valence-electron chi connectivity index (χ3n) is 2.41. The van der Waals surface area contributed by atoms with Crippen LogP contribution in [-0.4, -0.2) is 41.7 Å². The standard InChI is InChI=1S/C11H13FN2O2/c12-8-2-1-3-9(4-8)13-11(16)7-14-5-10(15)6-14/h1-4,10,15H,5-7H2,(H,13,16). The first-order chi connectivity index (χ1) is 7.63. The van der Waals surface area contributed by atoms with Gasteiger partial charge in [-0.25, -0.2) is 4.39 Å². The lowest BCUT2D eigenvalue weighted by molar-refractivity contribution is -0.119. The molecule has 0 radical (unpaired) electrons. The van der Waals surface area contributed by atoms with Gasteiger partial charge in [0.2, 0.25) is 5.91 Å². The third kappa shape index (κ3) is 2.77. The highest BCUT2D eigenvalue weighted by molar-refractivity contribution is 5.92. The SMILES string of the molecule is O=C(CN1CC(O)C1)Nc1cccc(F)c1. The molecule has 0 unspecified atom stereocenters. The maximum Gasteiger partial charge on any atom is 0.238 e. The van der Waals surface area contributed by atoms with Crippen LogP contribution in [-0.2, 0) is 4.79 Å². The lowest BCUT2D eigenvalue weighted by atomic mass is 10.2. The summed E-state index contributed by atoms with van der Waals surface area (Å²) in [7, 11) is 0. The summed E-state index contributed by atoms with van der Waals surface area (Å²) >= 11 is 0. The van der Waals surface area contributed by atoms with Gasteiger partial charge < -0.3 is 10.4 Å². The number of benzene rings is 1. The molecule has 1 heterocycles. The van der Waals surface area contributed by atoms with Crippen molar-refractivity contribution in [2.24, 2.45) is 0 Å². The van der Waals surface area contributed by atoms with Crippen LogP contribution < -0.4 is 5.32 Å². The molecule has 0 bridgehead atoms. The van der Waals surface area contributed by atoms with Crippen molar-refractivity contribution in [1.82, 2.24) is 4.90 Å². The summed E-state index contributed by atoms with van der Waals surface area (Å²) in [6.45, 7) is 1.28. The van der Waals surface area contributed by atoms with Gasteiger partial charge in [0.15, 0.2) is 0 Å². The molecule has 1 aliphatic heterocycles. The summed E-state index contributed by atoms with van der Waals surface area (Å²) in [5, 5.41) is 11.6. The topological polar surface area (TPSA) is 52.6 Å². The molecule has 2 N–H and O–H groups in total. The van der Waals surface area contributed by atoms with E-state index in [0.29, 0.717) is 18.8 Å². The highest BCUT2D eigenvalue weighted by Crippen LogP contribution is 2.10. The van der Waals surface area contributed by atoms with Gasteiger partial charge in [-0.2, -0.15) is 0 Å². The van der Waals surface area contributed by atoms with Crippen LogP contribution in [0.1, 0.15) is 0 Å². The lowest BCUT2D eigenvalue weighted by Gasteiger charge is -2.34. The fourth-order valence-corrected chi connectivity index (χ4v) is 1.64. The fourth-order valence-electron chi connectivity index (χ4n) is 1.64. The maximum atomic E-state index is 12.8. The predicted octanol–water partition coefficient (Wildman–Crippen LogP) is 0.441. The van der Waals surface area contributed by atoms with E-state index in [1.807, 2.05) is 4.90 Å². The number of amides is 1. The molecule has 1 amide bonds. The number of nitrogens with zero attached hydrogens (tertiary/aromatic N) is 1. The number of aliphatic hydroxyl groups is 1. The number of hydrogen-bond acceptors (Lipinski definition) is 3. The van der Waals surface area contributed by atoms with Crippen LogP contribution in [0.4, 0.5) is 10.1 Å². The molecular weight excluding hydrogens is 211 g/mol. The second kappa shape index (κ2) is 4.59. The Morgan fingerprint density at radius 3 is 2.94 bits per heavy atom. The van der Waals surface area contributed by atoms with E-state index in [2.05, 4.69) is 5.32 Å². The molecule has 1 fully saturated rings. The van der Waals surface area contributed by atoms with Crippen LogP contribution in [0.25, 0.3) is 0 Å². The number of anilines is 1. The van der Waals surface area contributed by atoms with Crippen LogP contribution in [0.5, 0.6) is 0 Å². The summed E-state index contributed by atoms with van der Waals surface area (Å²) in [5.41, 5.74) is 0.450. The molecule has 0 atom stereocenters. The Bertz CT molecular complexity index is 391. The Balaban J connectivity index is 1.83. The monoisotopic (exact) mass is 224 g/mol. The highest BCUT2D eigenvalue weighted by atomic mass is 19.1. The molecule has 0 spiro atoms. The van der Waals surface area contributed by atoms with Gasteiger partial charge >= 0.3 is 0 Å². The largest absolute Gasteiger partial charge is 0.390 e. The number of carbonyl (C=O) groups is 1. The zero-order valence-corrected chi connectivity index (χ0v) is 8.69. The van der Waals surface area contributed by atoms with Crippen molar-refractivity contribution in [3.8, 4) is 0 Å². The minimum Gasteiger partial charge on any atom is -0.390 e. The number of nitrogens with one attached hydrogen (secondary N) is 1.